The topological polar surface area (TPSA) is 26.3 Å². The third kappa shape index (κ3) is 2.95. The van der Waals surface area contributed by atoms with Crippen molar-refractivity contribution in [3.8, 4) is 16.8 Å². The average Bonchev–Trinajstić information content (AvgIpc) is 2.45. The third-order valence-corrected chi connectivity index (χ3v) is 3.28. The summed E-state index contributed by atoms with van der Waals surface area (Å²) in [5.41, 5.74) is 3.30. The van der Waals surface area contributed by atoms with Crippen LogP contribution in [0.25, 0.3) is 11.0 Å². The minimum absolute atomic E-state index is 0.0471. The molecule has 0 saturated heterocycles. The molecule has 1 aromatic carbocycles. The van der Waals surface area contributed by atoms with Crippen LogP contribution in [0.5, 0.6) is 5.75 Å². The Labute approximate surface area is 118 Å². The summed E-state index contributed by atoms with van der Waals surface area (Å²) in [6, 6.07) is 10.9. The number of aldehydes is 1. The molecule has 0 unspecified atom stereocenters. The summed E-state index contributed by atoms with van der Waals surface area (Å²) in [5, 5.41) is 0. The molecule has 0 bridgehead atoms. The van der Waals surface area contributed by atoms with E-state index in [0.717, 1.165) is 11.0 Å². The van der Waals surface area contributed by atoms with Crippen LogP contribution in [0.1, 0.15) is 36.6 Å². The van der Waals surface area contributed by atoms with Gasteiger partial charge in [0.05, 0.1) is 0 Å². The Hall–Kier alpha value is -1.97. The van der Waals surface area contributed by atoms with Gasteiger partial charge >= 0.3 is 118 Å². The van der Waals surface area contributed by atoms with Crippen LogP contribution >= 0.6 is 0 Å². The normalized spacial score (nSPS) is 11.0. The zero-order chi connectivity index (χ0) is 14.8. The SMILES string of the molecule is CC(C)(C)c1bc(-c2ccc(OF)c(C=O)c2)ccc1. The maximum absolute atomic E-state index is 12.3. The molecule has 102 valence electrons. The summed E-state index contributed by atoms with van der Waals surface area (Å²) < 4.78 is 12.3. The van der Waals surface area contributed by atoms with Crippen LogP contribution in [0, 0.1) is 0 Å². The molecule has 0 N–H and O–H groups in total. The van der Waals surface area contributed by atoms with E-state index in [0.29, 0.717) is 6.29 Å². The molecule has 0 aliphatic heterocycles. The van der Waals surface area contributed by atoms with Gasteiger partial charge in [-0.05, 0) is 0 Å². The van der Waals surface area contributed by atoms with Gasteiger partial charge in [0.15, 0.2) is 0 Å². The predicted molar refractivity (Wildman–Crippen MR) is 79.0 cm³/mol. The summed E-state index contributed by atoms with van der Waals surface area (Å²) in [5.74, 6) is -0.0595. The van der Waals surface area contributed by atoms with Gasteiger partial charge in [-0.25, -0.2) is 0 Å². The fourth-order valence-corrected chi connectivity index (χ4v) is 2.06. The van der Waals surface area contributed by atoms with Crippen LogP contribution in [0.3, 0.4) is 0 Å². The molecule has 2 rings (SSSR count). The molecule has 0 aliphatic carbocycles. The zero-order valence-electron chi connectivity index (χ0n) is 11.8. The van der Waals surface area contributed by atoms with Gasteiger partial charge in [-0.2, -0.15) is 0 Å². The van der Waals surface area contributed by atoms with E-state index in [2.05, 4.69) is 38.7 Å². The van der Waals surface area contributed by atoms with Gasteiger partial charge in [-0.3, -0.25) is 0 Å². The summed E-state index contributed by atoms with van der Waals surface area (Å²) in [4.78, 5) is 14.6. The molecular formula is C16H16BFO2. The number of carbonyl (C=O) groups excluding carboxylic acids is 1. The summed E-state index contributed by atoms with van der Waals surface area (Å²) in [6.07, 6.45) is 0.589. The van der Waals surface area contributed by atoms with Crippen molar-refractivity contribution in [1.29, 1.82) is 0 Å². The van der Waals surface area contributed by atoms with Crippen LogP contribution in [0.15, 0.2) is 36.4 Å². The summed E-state index contributed by atoms with van der Waals surface area (Å²) >= 11 is 0. The molecule has 2 aromatic rings. The molecular weight excluding hydrogens is 254 g/mol. The van der Waals surface area contributed by atoms with Crippen molar-refractivity contribution >= 4 is 13.2 Å². The number of halogens is 1. The predicted octanol–water partition coefficient (Wildman–Crippen LogP) is 4.07. The Morgan fingerprint density at radius 2 is 1.95 bits per heavy atom. The van der Waals surface area contributed by atoms with Crippen molar-refractivity contribution in [3.05, 3.63) is 47.4 Å². The van der Waals surface area contributed by atoms with Crippen LogP contribution in [-0.2, 0) is 5.41 Å². The second kappa shape index (κ2) is 5.57. The quantitative estimate of drug-likeness (QED) is 0.786. The van der Waals surface area contributed by atoms with Crippen LogP contribution in [0.4, 0.5) is 4.53 Å². The number of hydrogen-bond donors (Lipinski definition) is 0. The molecule has 2 nitrogen and oxygen atoms in total. The molecule has 0 atom stereocenters. The number of benzene rings is 1. The second-order valence-corrected chi connectivity index (χ2v) is 5.78. The molecule has 0 aliphatic rings. The first-order valence-electron chi connectivity index (χ1n) is 6.44. The minimum atomic E-state index is -0.0595. The van der Waals surface area contributed by atoms with E-state index in [4.69, 9.17) is 0 Å². The summed E-state index contributed by atoms with van der Waals surface area (Å²) in [7, 11) is 0. The van der Waals surface area contributed by atoms with Gasteiger partial charge in [0, 0.05) is 0 Å². The number of rotatable bonds is 3. The van der Waals surface area contributed by atoms with Gasteiger partial charge in [0.2, 0.25) is 0 Å². The van der Waals surface area contributed by atoms with Crippen LogP contribution in [0.2, 0.25) is 0 Å². The van der Waals surface area contributed by atoms with Gasteiger partial charge in [-0.1, -0.05) is 0 Å². The van der Waals surface area contributed by atoms with Gasteiger partial charge in [-0.15, -0.1) is 0 Å². The maximum atomic E-state index is 12.3. The van der Waals surface area contributed by atoms with Crippen molar-refractivity contribution in [1.82, 2.24) is 0 Å². The Kier molecular flexibility index (Phi) is 4.02. The van der Waals surface area contributed by atoms with E-state index < -0.39 is 0 Å². The van der Waals surface area contributed by atoms with Crippen molar-refractivity contribution in [2.24, 2.45) is 0 Å². The first-order valence-corrected chi connectivity index (χ1v) is 6.44. The Balaban J connectivity index is 2.49. The summed E-state index contributed by atoms with van der Waals surface area (Å²) in [6.45, 7) is 8.51. The van der Waals surface area contributed by atoms with E-state index in [1.165, 1.54) is 11.5 Å². The fourth-order valence-electron chi connectivity index (χ4n) is 2.06. The number of carbonyl (C=O) groups is 1. The van der Waals surface area contributed by atoms with Crippen LogP contribution in [-0.4, -0.2) is 13.2 Å². The molecule has 1 aromatic heterocycles. The van der Waals surface area contributed by atoms with Gasteiger partial charge < -0.3 is 0 Å². The van der Waals surface area contributed by atoms with Crippen molar-refractivity contribution in [2.75, 3.05) is 0 Å². The van der Waals surface area contributed by atoms with Crippen molar-refractivity contribution < 1.29 is 14.3 Å². The molecule has 0 radical (unpaired) electrons. The molecule has 0 saturated carbocycles. The molecule has 1 heterocycles. The second-order valence-electron chi connectivity index (χ2n) is 5.78. The molecule has 20 heavy (non-hydrogen) atoms. The zero-order valence-corrected chi connectivity index (χ0v) is 11.8. The average molecular weight is 270 g/mol. The van der Waals surface area contributed by atoms with E-state index >= 15 is 0 Å². The Morgan fingerprint density at radius 1 is 1.20 bits per heavy atom. The first kappa shape index (κ1) is 14.4. The molecule has 0 amide bonds. The molecule has 0 spiro atoms. The first-order chi connectivity index (χ1) is 9.45. The molecule has 0 fully saturated rings. The van der Waals surface area contributed by atoms with E-state index in [-0.39, 0.29) is 16.7 Å². The van der Waals surface area contributed by atoms with E-state index in [1.807, 2.05) is 12.1 Å². The molecule has 4 heteroatoms. The van der Waals surface area contributed by atoms with E-state index in [9.17, 15) is 9.32 Å². The monoisotopic (exact) mass is 270 g/mol. The third-order valence-electron chi connectivity index (χ3n) is 3.28. The number of hydrogen-bond acceptors (Lipinski definition) is 2. The fraction of sp³-hybridized carbons (Fsp3) is 0.250. The van der Waals surface area contributed by atoms with Crippen molar-refractivity contribution in [3.63, 3.8) is 0 Å². The van der Waals surface area contributed by atoms with E-state index in [1.54, 1.807) is 12.1 Å². The Morgan fingerprint density at radius 3 is 2.55 bits per heavy atom. The van der Waals surface area contributed by atoms with Gasteiger partial charge in [0.25, 0.3) is 0 Å². The van der Waals surface area contributed by atoms with Gasteiger partial charge in [0.1, 0.15) is 0 Å². The van der Waals surface area contributed by atoms with Crippen LogP contribution < -0.4 is 4.94 Å². The Bertz CT molecular complexity index is 633. The standard InChI is InChI=1S/C16H16BFO2/c1-16(2,3)15-6-4-5-13(17-15)11-7-8-14(20-18)12(9-11)10-19/h4-10H,1-3H3. The van der Waals surface area contributed by atoms with Crippen molar-refractivity contribution in [2.45, 2.75) is 26.2 Å².